The van der Waals surface area contributed by atoms with Gasteiger partial charge in [0, 0.05) is 3.57 Å². The third-order valence-corrected chi connectivity index (χ3v) is 4.91. The molecule has 0 aliphatic heterocycles. The van der Waals surface area contributed by atoms with Crippen LogP contribution in [0.25, 0.3) is 11.0 Å². The highest BCUT2D eigenvalue weighted by Crippen LogP contribution is 2.32. The highest BCUT2D eigenvalue weighted by molar-refractivity contribution is 14.1. The molecule has 4 nitrogen and oxygen atoms in total. The van der Waals surface area contributed by atoms with Gasteiger partial charge in [-0.25, -0.2) is 0 Å². The van der Waals surface area contributed by atoms with Gasteiger partial charge in [0.05, 0.1) is 15.9 Å². The number of alkyl halides is 1. The maximum Gasteiger partial charge on any atom is 0.314 e. The van der Waals surface area contributed by atoms with E-state index in [0.717, 1.165) is 14.7 Å². The number of hydrogen-bond donors (Lipinski definition) is 2. The normalized spacial score (nSPS) is 12.5. The van der Waals surface area contributed by atoms with Crippen molar-refractivity contribution >= 4 is 49.6 Å². The second-order valence-electron chi connectivity index (χ2n) is 4.63. The van der Waals surface area contributed by atoms with Crippen LogP contribution in [0.3, 0.4) is 0 Å². The average Bonchev–Trinajstić information content (AvgIpc) is 2.47. The van der Waals surface area contributed by atoms with Gasteiger partial charge in [-0.2, -0.15) is 0 Å². The zero-order valence-corrected chi connectivity index (χ0v) is 14.4. The molecule has 0 spiro atoms. The number of fused-ring (bicyclic) bond motifs is 1. The summed E-state index contributed by atoms with van der Waals surface area (Å²) in [5.41, 5.74) is 2.10. The molecule has 3 aromatic rings. The molecule has 6 heteroatoms. The Morgan fingerprint density at radius 1 is 0.905 bits per heavy atom. The quantitative estimate of drug-likeness (QED) is 0.353. The Balaban J connectivity index is 2.10. The summed E-state index contributed by atoms with van der Waals surface area (Å²) in [5, 5.41) is 0. The highest BCUT2D eigenvalue weighted by atomic mass is 127. The van der Waals surface area contributed by atoms with Gasteiger partial charge < -0.3 is 9.97 Å². The minimum absolute atomic E-state index is 0.0204. The van der Waals surface area contributed by atoms with Crippen molar-refractivity contribution in [2.75, 3.05) is 0 Å². The van der Waals surface area contributed by atoms with E-state index in [1.165, 1.54) is 0 Å². The monoisotopic (exact) mass is 456 g/mol. The van der Waals surface area contributed by atoms with E-state index < -0.39 is 11.1 Å². The smallest absolute Gasteiger partial charge is 0.314 e. The lowest BCUT2D eigenvalue weighted by molar-refractivity contribution is 1.13. The standard InChI is InChI=1S/C15H10BrIN2O2/c16-13(8-2-1-3-10(17)6-8)9-4-5-11-12(7-9)19-15(21)14(20)18-11/h1-7,13H,(H,18,20)(H,19,21). The van der Waals surface area contributed by atoms with Crippen LogP contribution in [-0.2, 0) is 0 Å². The van der Waals surface area contributed by atoms with Gasteiger partial charge >= 0.3 is 11.1 Å². The van der Waals surface area contributed by atoms with Gasteiger partial charge in [0.25, 0.3) is 0 Å². The predicted octanol–water partition coefficient (Wildman–Crippen LogP) is 3.31. The van der Waals surface area contributed by atoms with Crippen molar-refractivity contribution in [1.82, 2.24) is 9.97 Å². The summed E-state index contributed by atoms with van der Waals surface area (Å²) in [4.78, 5) is 27.9. The minimum Gasteiger partial charge on any atom is -0.316 e. The van der Waals surface area contributed by atoms with Crippen LogP contribution < -0.4 is 11.1 Å². The molecular weight excluding hydrogens is 447 g/mol. The van der Waals surface area contributed by atoms with Crippen molar-refractivity contribution in [2.45, 2.75) is 4.83 Å². The lowest BCUT2D eigenvalue weighted by Crippen LogP contribution is -2.28. The molecule has 1 heterocycles. The van der Waals surface area contributed by atoms with E-state index in [1.807, 2.05) is 30.3 Å². The molecule has 0 fully saturated rings. The SMILES string of the molecule is O=c1[nH]c2ccc(C(Br)c3cccc(I)c3)cc2[nH]c1=O. The largest absolute Gasteiger partial charge is 0.316 e. The van der Waals surface area contributed by atoms with Crippen LogP contribution in [-0.4, -0.2) is 9.97 Å². The van der Waals surface area contributed by atoms with Crippen molar-refractivity contribution in [2.24, 2.45) is 0 Å². The van der Waals surface area contributed by atoms with E-state index in [-0.39, 0.29) is 4.83 Å². The van der Waals surface area contributed by atoms with E-state index in [0.29, 0.717) is 11.0 Å². The molecule has 0 radical (unpaired) electrons. The molecule has 0 aliphatic rings. The van der Waals surface area contributed by atoms with Crippen LogP contribution in [0.1, 0.15) is 16.0 Å². The molecule has 1 atom stereocenters. The minimum atomic E-state index is -0.639. The van der Waals surface area contributed by atoms with Crippen LogP contribution in [0.4, 0.5) is 0 Å². The lowest BCUT2D eigenvalue weighted by Gasteiger charge is -2.12. The zero-order valence-electron chi connectivity index (χ0n) is 10.7. The van der Waals surface area contributed by atoms with E-state index >= 15 is 0 Å². The molecule has 1 aromatic heterocycles. The molecule has 0 aliphatic carbocycles. The Bertz CT molecular complexity index is 933. The third-order valence-electron chi connectivity index (χ3n) is 3.18. The molecule has 3 rings (SSSR count). The second kappa shape index (κ2) is 5.76. The molecule has 0 saturated carbocycles. The lowest BCUT2D eigenvalue weighted by atomic mass is 10.0. The van der Waals surface area contributed by atoms with Crippen LogP contribution in [0.15, 0.2) is 52.1 Å². The summed E-state index contributed by atoms with van der Waals surface area (Å²) in [7, 11) is 0. The fourth-order valence-corrected chi connectivity index (χ4v) is 3.28. The van der Waals surface area contributed by atoms with Gasteiger partial charge in [-0.05, 0) is 58.0 Å². The predicted molar refractivity (Wildman–Crippen MR) is 95.1 cm³/mol. The van der Waals surface area contributed by atoms with Gasteiger partial charge in [0.15, 0.2) is 0 Å². The fourth-order valence-electron chi connectivity index (χ4n) is 2.15. The number of hydrogen-bond acceptors (Lipinski definition) is 2. The van der Waals surface area contributed by atoms with Gasteiger partial charge in [-0.15, -0.1) is 0 Å². The first-order valence-electron chi connectivity index (χ1n) is 6.20. The van der Waals surface area contributed by atoms with Crippen molar-refractivity contribution in [3.8, 4) is 0 Å². The topological polar surface area (TPSA) is 65.7 Å². The molecule has 2 aromatic carbocycles. The van der Waals surface area contributed by atoms with Crippen molar-refractivity contribution in [3.05, 3.63) is 77.9 Å². The van der Waals surface area contributed by atoms with Crippen LogP contribution in [0, 0.1) is 3.57 Å². The number of halogens is 2. The number of aromatic nitrogens is 2. The van der Waals surface area contributed by atoms with Crippen molar-refractivity contribution in [1.29, 1.82) is 0 Å². The molecule has 2 N–H and O–H groups in total. The summed E-state index contributed by atoms with van der Waals surface area (Å²) in [6, 6.07) is 13.8. The maximum atomic E-state index is 11.4. The molecule has 1 unspecified atom stereocenters. The maximum absolute atomic E-state index is 11.4. The molecule has 106 valence electrons. The summed E-state index contributed by atoms with van der Waals surface area (Å²) in [6.07, 6.45) is 0. The second-order valence-corrected chi connectivity index (χ2v) is 6.79. The Kier molecular flexibility index (Phi) is 3.99. The molecular formula is C15H10BrIN2O2. The average molecular weight is 457 g/mol. The van der Waals surface area contributed by atoms with Crippen molar-refractivity contribution in [3.63, 3.8) is 0 Å². The van der Waals surface area contributed by atoms with E-state index in [4.69, 9.17) is 0 Å². The Hall–Kier alpha value is -1.41. The number of rotatable bonds is 2. The fraction of sp³-hybridized carbons (Fsp3) is 0.0667. The first kappa shape index (κ1) is 14.5. The van der Waals surface area contributed by atoms with E-state index in [2.05, 4.69) is 54.6 Å². The van der Waals surface area contributed by atoms with Crippen LogP contribution in [0.5, 0.6) is 0 Å². The summed E-state index contributed by atoms with van der Waals surface area (Å²) < 4.78 is 1.16. The van der Waals surface area contributed by atoms with Crippen molar-refractivity contribution < 1.29 is 0 Å². The highest BCUT2D eigenvalue weighted by Gasteiger charge is 2.12. The summed E-state index contributed by atoms with van der Waals surface area (Å²) >= 11 is 5.95. The Morgan fingerprint density at radius 2 is 1.57 bits per heavy atom. The van der Waals surface area contributed by atoms with Gasteiger partial charge in [-0.3, -0.25) is 9.59 Å². The Morgan fingerprint density at radius 3 is 2.29 bits per heavy atom. The van der Waals surface area contributed by atoms with Gasteiger partial charge in [0.1, 0.15) is 0 Å². The summed E-state index contributed by atoms with van der Waals surface area (Å²) in [6.45, 7) is 0. The Labute approximate surface area is 141 Å². The number of H-pyrrole nitrogens is 2. The van der Waals surface area contributed by atoms with E-state index in [9.17, 15) is 9.59 Å². The number of benzene rings is 2. The molecule has 21 heavy (non-hydrogen) atoms. The molecule has 0 amide bonds. The zero-order chi connectivity index (χ0) is 15.0. The van der Waals surface area contributed by atoms with Gasteiger partial charge in [-0.1, -0.05) is 34.1 Å². The number of nitrogens with one attached hydrogen (secondary N) is 2. The summed E-state index contributed by atoms with van der Waals surface area (Å²) in [5.74, 6) is 0. The third kappa shape index (κ3) is 2.96. The van der Waals surface area contributed by atoms with Gasteiger partial charge in [0.2, 0.25) is 0 Å². The van der Waals surface area contributed by atoms with E-state index in [1.54, 1.807) is 6.07 Å². The first-order valence-corrected chi connectivity index (χ1v) is 8.20. The van der Waals surface area contributed by atoms with Crippen LogP contribution in [0.2, 0.25) is 0 Å². The molecule has 0 bridgehead atoms. The first-order chi connectivity index (χ1) is 10.0. The van der Waals surface area contributed by atoms with Crippen LogP contribution >= 0.6 is 38.5 Å². The molecule has 0 saturated heterocycles. The number of aromatic amines is 2.